The number of rotatable bonds is 3. The van der Waals surface area contributed by atoms with Crippen LogP contribution in [0.5, 0.6) is 5.75 Å². The zero-order chi connectivity index (χ0) is 10.7. The van der Waals surface area contributed by atoms with E-state index in [1.54, 1.807) is 7.11 Å². The summed E-state index contributed by atoms with van der Waals surface area (Å²) in [5, 5.41) is 0. The third-order valence-electron chi connectivity index (χ3n) is 3.05. The summed E-state index contributed by atoms with van der Waals surface area (Å²) in [6.07, 6.45) is 0. The molecule has 82 valence electrons. The molecular formula is C12H17NOS. The Morgan fingerprint density at radius 3 is 2.67 bits per heavy atom. The molecule has 1 aliphatic rings. The minimum Gasteiger partial charge on any atom is -0.497 e. The molecule has 1 heterocycles. The Morgan fingerprint density at radius 1 is 1.33 bits per heavy atom. The summed E-state index contributed by atoms with van der Waals surface area (Å²) in [5.41, 5.74) is 7.18. The zero-order valence-corrected chi connectivity index (χ0v) is 9.80. The summed E-state index contributed by atoms with van der Waals surface area (Å²) in [5.74, 6) is 4.60. The predicted molar refractivity (Wildman–Crippen MR) is 65.6 cm³/mol. The van der Waals surface area contributed by atoms with Crippen molar-refractivity contribution in [2.75, 3.05) is 25.2 Å². The van der Waals surface area contributed by atoms with Crippen LogP contribution in [0.4, 0.5) is 0 Å². The smallest absolute Gasteiger partial charge is 0.118 e. The molecule has 0 aromatic heterocycles. The Bertz CT molecular complexity index is 312. The van der Waals surface area contributed by atoms with E-state index in [-0.39, 0.29) is 0 Å². The van der Waals surface area contributed by atoms with Crippen molar-refractivity contribution in [3.05, 3.63) is 29.8 Å². The van der Waals surface area contributed by atoms with E-state index in [2.05, 4.69) is 12.1 Å². The highest BCUT2D eigenvalue weighted by Gasteiger charge is 2.27. The maximum absolute atomic E-state index is 5.78. The molecule has 15 heavy (non-hydrogen) atoms. The van der Waals surface area contributed by atoms with Crippen LogP contribution in [0.25, 0.3) is 0 Å². The fraction of sp³-hybridized carbons (Fsp3) is 0.500. The van der Waals surface area contributed by atoms with Crippen molar-refractivity contribution in [3.63, 3.8) is 0 Å². The molecule has 0 aliphatic carbocycles. The molecule has 2 unspecified atom stereocenters. The van der Waals surface area contributed by atoms with Gasteiger partial charge in [-0.2, -0.15) is 11.8 Å². The van der Waals surface area contributed by atoms with Crippen molar-refractivity contribution >= 4 is 11.8 Å². The molecule has 0 amide bonds. The van der Waals surface area contributed by atoms with E-state index in [1.807, 2.05) is 23.9 Å². The summed E-state index contributed by atoms with van der Waals surface area (Å²) >= 11 is 2.01. The highest BCUT2D eigenvalue weighted by atomic mass is 32.2. The van der Waals surface area contributed by atoms with E-state index >= 15 is 0 Å². The Morgan fingerprint density at radius 2 is 2.07 bits per heavy atom. The molecule has 0 bridgehead atoms. The summed E-state index contributed by atoms with van der Waals surface area (Å²) in [6, 6.07) is 8.40. The van der Waals surface area contributed by atoms with Gasteiger partial charge in [-0.25, -0.2) is 0 Å². The Labute approximate surface area is 95.2 Å². The van der Waals surface area contributed by atoms with Crippen LogP contribution in [0.2, 0.25) is 0 Å². The molecule has 2 nitrogen and oxygen atoms in total. The third kappa shape index (κ3) is 2.29. The molecule has 0 spiro atoms. The van der Waals surface area contributed by atoms with Crippen LogP contribution >= 0.6 is 11.8 Å². The molecule has 1 aromatic carbocycles. The van der Waals surface area contributed by atoms with Gasteiger partial charge in [-0.15, -0.1) is 0 Å². The monoisotopic (exact) mass is 223 g/mol. The van der Waals surface area contributed by atoms with Crippen molar-refractivity contribution in [2.45, 2.75) is 5.92 Å². The lowest BCUT2D eigenvalue weighted by atomic mass is 9.89. The average Bonchev–Trinajstić information content (AvgIpc) is 2.77. The van der Waals surface area contributed by atoms with Gasteiger partial charge in [-0.1, -0.05) is 12.1 Å². The standard InChI is InChI=1S/C12H17NOS/c1-14-11-4-2-9(3-5-11)12-8-15-7-10(12)6-13/h2-5,10,12H,6-8,13H2,1H3. The number of nitrogens with two attached hydrogens (primary N) is 1. The van der Waals surface area contributed by atoms with Crippen molar-refractivity contribution in [3.8, 4) is 5.75 Å². The molecule has 2 rings (SSSR count). The lowest BCUT2D eigenvalue weighted by Crippen LogP contribution is -2.20. The van der Waals surface area contributed by atoms with Crippen molar-refractivity contribution < 1.29 is 4.74 Å². The quantitative estimate of drug-likeness (QED) is 0.852. The van der Waals surface area contributed by atoms with E-state index in [0.717, 1.165) is 12.3 Å². The van der Waals surface area contributed by atoms with Gasteiger partial charge in [-0.3, -0.25) is 0 Å². The molecular weight excluding hydrogens is 206 g/mol. The number of methoxy groups -OCH3 is 1. The van der Waals surface area contributed by atoms with Gasteiger partial charge in [0.1, 0.15) is 5.75 Å². The summed E-state index contributed by atoms with van der Waals surface area (Å²) in [7, 11) is 1.70. The topological polar surface area (TPSA) is 35.2 Å². The second-order valence-corrected chi connectivity index (χ2v) is 4.99. The summed E-state index contributed by atoms with van der Waals surface area (Å²) < 4.78 is 5.16. The van der Waals surface area contributed by atoms with Crippen LogP contribution in [0.1, 0.15) is 11.5 Å². The van der Waals surface area contributed by atoms with E-state index in [4.69, 9.17) is 10.5 Å². The lowest BCUT2D eigenvalue weighted by molar-refractivity contribution is 0.414. The van der Waals surface area contributed by atoms with Gasteiger partial charge in [0.05, 0.1) is 7.11 Å². The molecule has 1 saturated heterocycles. The predicted octanol–water partition coefficient (Wildman–Crippen LogP) is 2.10. The van der Waals surface area contributed by atoms with E-state index in [1.165, 1.54) is 17.1 Å². The molecule has 1 fully saturated rings. The van der Waals surface area contributed by atoms with Crippen LogP contribution < -0.4 is 10.5 Å². The zero-order valence-electron chi connectivity index (χ0n) is 8.98. The van der Waals surface area contributed by atoms with Gasteiger partial charge in [0.15, 0.2) is 0 Å². The molecule has 1 aromatic rings. The van der Waals surface area contributed by atoms with Crippen LogP contribution in [0.15, 0.2) is 24.3 Å². The average molecular weight is 223 g/mol. The number of hydrogen-bond acceptors (Lipinski definition) is 3. The SMILES string of the molecule is COc1ccc(C2CSCC2CN)cc1. The van der Waals surface area contributed by atoms with Crippen LogP contribution in [0, 0.1) is 5.92 Å². The Kier molecular flexibility index (Phi) is 3.54. The minimum absolute atomic E-state index is 0.630. The number of thioether (sulfide) groups is 1. The normalized spacial score (nSPS) is 25.5. The van der Waals surface area contributed by atoms with E-state index < -0.39 is 0 Å². The first-order valence-electron chi connectivity index (χ1n) is 5.27. The maximum atomic E-state index is 5.78. The molecule has 2 N–H and O–H groups in total. The third-order valence-corrected chi connectivity index (χ3v) is 4.30. The lowest BCUT2D eigenvalue weighted by Gasteiger charge is -2.17. The summed E-state index contributed by atoms with van der Waals surface area (Å²) in [4.78, 5) is 0. The van der Waals surface area contributed by atoms with Gasteiger partial charge < -0.3 is 10.5 Å². The van der Waals surface area contributed by atoms with Crippen LogP contribution in [0.3, 0.4) is 0 Å². The highest BCUT2D eigenvalue weighted by molar-refractivity contribution is 7.99. The molecule has 1 aliphatic heterocycles. The first-order valence-corrected chi connectivity index (χ1v) is 6.42. The minimum atomic E-state index is 0.630. The van der Waals surface area contributed by atoms with Crippen LogP contribution in [-0.2, 0) is 0 Å². The fourth-order valence-corrected chi connectivity index (χ4v) is 3.58. The van der Waals surface area contributed by atoms with Gasteiger partial charge in [0.25, 0.3) is 0 Å². The second kappa shape index (κ2) is 4.90. The molecule has 0 saturated carbocycles. The Balaban J connectivity index is 2.14. The number of benzene rings is 1. The fourth-order valence-electron chi connectivity index (χ4n) is 2.05. The highest BCUT2D eigenvalue weighted by Crippen LogP contribution is 2.37. The molecule has 2 atom stereocenters. The number of ether oxygens (including phenoxy) is 1. The van der Waals surface area contributed by atoms with Crippen molar-refractivity contribution in [2.24, 2.45) is 11.7 Å². The van der Waals surface area contributed by atoms with Crippen LogP contribution in [-0.4, -0.2) is 25.2 Å². The van der Waals surface area contributed by atoms with E-state index in [9.17, 15) is 0 Å². The first kappa shape index (κ1) is 10.8. The van der Waals surface area contributed by atoms with Gasteiger partial charge in [0.2, 0.25) is 0 Å². The van der Waals surface area contributed by atoms with Gasteiger partial charge in [0, 0.05) is 5.75 Å². The van der Waals surface area contributed by atoms with E-state index in [0.29, 0.717) is 11.8 Å². The second-order valence-electron chi connectivity index (χ2n) is 3.91. The Hall–Kier alpha value is -0.670. The first-order chi connectivity index (χ1) is 7.35. The van der Waals surface area contributed by atoms with Crippen molar-refractivity contribution in [1.82, 2.24) is 0 Å². The summed E-state index contributed by atoms with van der Waals surface area (Å²) in [6.45, 7) is 0.795. The number of hydrogen-bond donors (Lipinski definition) is 1. The largest absolute Gasteiger partial charge is 0.497 e. The molecule has 3 heteroatoms. The van der Waals surface area contributed by atoms with Gasteiger partial charge in [-0.05, 0) is 41.8 Å². The van der Waals surface area contributed by atoms with Gasteiger partial charge >= 0.3 is 0 Å². The molecule has 0 radical (unpaired) electrons. The maximum Gasteiger partial charge on any atom is 0.118 e. The van der Waals surface area contributed by atoms with Crippen molar-refractivity contribution in [1.29, 1.82) is 0 Å².